The van der Waals surface area contributed by atoms with Crippen LogP contribution >= 0.6 is 0 Å². The van der Waals surface area contributed by atoms with Crippen molar-refractivity contribution in [1.29, 1.82) is 5.26 Å². The smallest absolute Gasteiger partial charge is 0.317 e. The molecule has 26 heavy (non-hydrogen) atoms. The van der Waals surface area contributed by atoms with Crippen LogP contribution in [0.4, 0.5) is 18.9 Å². The minimum absolute atomic E-state index is 0.0700. The Kier molecular flexibility index (Phi) is 4.41. The zero-order chi connectivity index (χ0) is 18.7. The number of nitriles is 1. The van der Waals surface area contributed by atoms with Gasteiger partial charge in [-0.2, -0.15) is 23.5 Å². The summed E-state index contributed by atoms with van der Waals surface area (Å²) < 4.78 is 39.5. The molecule has 9 heteroatoms. The van der Waals surface area contributed by atoms with Crippen molar-refractivity contribution in [1.82, 2.24) is 14.8 Å². The molecule has 0 aliphatic rings. The van der Waals surface area contributed by atoms with Gasteiger partial charge in [-0.05, 0) is 24.3 Å². The molecule has 0 radical (unpaired) electrons. The van der Waals surface area contributed by atoms with Gasteiger partial charge in [0.1, 0.15) is 17.5 Å². The molecule has 130 valence electrons. The lowest BCUT2D eigenvalue weighted by atomic mass is 10.2. The van der Waals surface area contributed by atoms with Gasteiger partial charge in [0.25, 0.3) is 5.91 Å². The summed E-state index contributed by atoms with van der Waals surface area (Å²) in [5.41, 5.74) is -0.946. The lowest BCUT2D eigenvalue weighted by molar-refractivity contribution is -0.141. The summed E-state index contributed by atoms with van der Waals surface area (Å²) in [6.45, 7) is 0. The molecule has 0 spiro atoms. The van der Waals surface area contributed by atoms with Gasteiger partial charge in [0.15, 0.2) is 5.69 Å². The van der Waals surface area contributed by atoms with Crippen molar-refractivity contribution >= 4 is 11.6 Å². The van der Waals surface area contributed by atoms with Gasteiger partial charge >= 0.3 is 6.18 Å². The van der Waals surface area contributed by atoms with Crippen molar-refractivity contribution in [2.45, 2.75) is 6.18 Å². The molecule has 0 saturated heterocycles. The Morgan fingerprint density at radius 2 is 1.85 bits per heavy atom. The first-order chi connectivity index (χ1) is 12.4. The number of carbonyl (C=O) groups is 1. The normalized spacial score (nSPS) is 11.0. The monoisotopic (exact) mass is 357 g/mol. The molecular formula is C17H10F3N5O. The lowest BCUT2D eigenvalue weighted by Crippen LogP contribution is -2.17. The number of anilines is 1. The minimum atomic E-state index is -4.66. The van der Waals surface area contributed by atoms with Crippen molar-refractivity contribution in [2.24, 2.45) is 0 Å². The van der Waals surface area contributed by atoms with Crippen LogP contribution in [0, 0.1) is 11.3 Å². The van der Waals surface area contributed by atoms with E-state index in [1.54, 1.807) is 30.3 Å². The number of para-hydroxylation sites is 1. The van der Waals surface area contributed by atoms with Crippen LogP contribution < -0.4 is 5.32 Å². The molecule has 0 aliphatic heterocycles. The second-order valence-corrected chi connectivity index (χ2v) is 5.14. The van der Waals surface area contributed by atoms with Crippen LogP contribution in [-0.2, 0) is 6.18 Å². The number of hydrogen-bond donors (Lipinski definition) is 1. The first-order valence-electron chi connectivity index (χ1n) is 7.29. The van der Waals surface area contributed by atoms with E-state index in [2.05, 4.69) is 15.4 Å². The number of halogens is 3. The van der Waals surface area contributed by atoms with Gasteiger partial charge in [-0.25, -0.2) is 9.67 Å². The topological polar surface area (TPSA) is 83.6 Å². The molecule has 3 aromatic rings. The first kappa shape index (κ1) is 17.2. The molecule has 1 amide bonds. The Morgan fingerprint density at radius 3 is 2.50 bits per heavy atom. The maximum Gasteiger partial charge on any atom is 0.433 e. The van der Waals surface area contributed by atoms with Crippen molar-refractivity contribution in [3.05, 3.63) is 71.8 Å². The Morgan fingerprint density at radius 1 is 1.12 bits per heavy atom. The van der Waals surface area contributed by atoms with E-state index < -0.39 is 23.5 Å². The molecule has 0 unspecified atom stereocenters. The van der Waals surface area contributed by atoms with Crippen LogP contribution in [0.2, 0.25) is 0 Å². The molecule has 3 rings (SSSR count). The Labute approximate surface area is 145 Å². The van der Waals surface area contributed by atoms with E-state index in [9.17, 15) is 23.2 Å². The number of pyridine rings is 1. The molecule has 0 bridgehead atoms. The number of nitrogens with one attached hydrogen (secondary N) is 1. The summed E-state index contributed by atoms with van der Waals surface area (Å²) in [5.74, 6) is -0.875. The minimum Gasteiger partial charge on any atom is -0.317 e. The van der Waals surface area contributed by atoms with Crippen molar-refractivity contribution in [2.75, 3.05) is 5.32 Å². The summed E-state index contributed by atoms with van der Waals surface area (Å²) >= 11 is 0. The van der Waals surface area contributed by atoms with E-state index in [0.717, 1.165) is 18.2 Å². The predicted octanol–water partition coefficient (Wildman–Crippen LogP) is 3.41. The number of amides is 1. The number of benzene rings is 1. The number of rotatable bonds is 3. The third-order valence-corrected chi connectivity index (χ3v) is 3.36. The van der Waals surface area contributed by atoms with E-state index in [0.29, 0.717) is 5.69 Å². The fourth-order valence-corrected chi connectivity index (χ4v) is 2.17. The third kappa shape index (κ3) is 3.54. The van der Waals surface area contributed by atoms with Crippen LogP contribution in [0.15, 0.2) is 54.7 Å². The van der Waals surface area contributed by atoms with Crippen molar-refractivity contribution in [3.63, 3.8) is 0 Å². The number of alkyl halides is 3. The first-order valence-corrected chi connectivity index (χ1v) is 7.29. The third-order valence-electron chi connectivity index (χ3n) is 3.36. The quantitative estimate of drug-likeness (QED) is 0.779. The fourth-order valence-electron chi connectivity index (χ4n) is 2.17. The van der Waals surface area contributed by atoms with Gasteiger partial charge in [0, 0.05) is 0 Å². The zero-order valence-corrected chi connectivity index (χ0v) is 13.0. The zero-order valence-electron chi connectivity index (χ0n) is 13.0. The average molecular weight is 357 g/mol. The average Bonchev–Trinajstić information content (AvgIpc) is 3.04. The fraction of sp³-hybridized carbons (Fsp3) is 0.0588. The van der Waals surface area contributed by atoms with Gasteiger partial charge in [-0.15, -0.1) is 0 Å². The van der Waals surface area contributed by atoms with E-state index in [1.807, 2.05) is 6.07 Å². The van der Waals surface area contributed by atoms with Crippen LogP contribution in [0.5, 0.6) is 0 Å². The highest BCUT2D eigenvalue weighted by molar-refractivity contribution is 6.03. The van der Waals surface area contributed by atoms with E-state index >= 15 is 0 Å². The second kappa shape index (κ2) is 6.68. The number of carbonyl (C=O) groups excluding carboxylic acids is 1. The molecular weight excluding hydrogens is 347 g/mol. The highest BCUT2D eigenvalue weighted by Gasteiger charge is 2.33. The summed E-state index contributed by atoms with van der Waals surface area (Å²) in [6.07, 6.45) is -3.26. The molecule has 6 nitrogen and oxygen atoms in total. The van der Waals surface area contributed by atoms with Gasteiger partial charge in [0.2, 0.25) is 0 Å². The largest absolute Gasteiger partial charge is 0.433 e. The molecule has 2 aromatic heterocycles. The Hall–Kier alpha value is -3.67. The van der Waals surface area contributed by atoms with Gasteiger partial charge < -0.3 is 5.32 Å². The summed E-state index contributed by atoms with van der Waals surface area (Å²) in [7, 11) is 0. The SMILES string of the molecule is N#Cc1nn(-c2ccccc2)cc1NC(=O)c1cccc(C(F)(F)F)n1. The Balaban J connectivity index is 1.89. The predicted molar refractivity (Wildman–Crippen MR) is 85.5 cm³/mol. The Bertz CT molecular complexity index is 990. The molecule has 1 aromatic carbocycles. The molecule has 1 N–H and O–H groups in total. The molecule has 0 saturated carbocycles. The number of hydrogen-bond acceptors (Lipinski definition) is 4. The summed E-state index contributed by atoms with van der Waals surface area (Å²) in [5, 5.41) is 15.6. The standard InChI is InChI=1S/C17H10F3N5O/c18-17(19,20)15-8-4-7-12(22-15)16(26)23-14-10-25(24-13(14)9-21)11-5-2-1-3-6-11/h1-8,10H,(H,23,26). The highest BCUT2D eigenvalue weighted by atomic mass is 19.4. The van der Waals surface area contributed by atoms with Gasteiger partial charge in [0.05, 0.1) is 17.6 Å². The van der Waals surface area contributed by atoms with E-state index in [4.69, 9.17) is 0 Å². The van der Waals surface area contributed by atoms with Crippen LogP contribution in [-0.4, -0.2) is 20.7 Å². The number of aromatic nitrogens is 3. The van der Waals surface area contributed by atoms with Crippen molar-refractivity contribution < 1.29 is 18.0 Å². The summed E-state index contributed by atoms with van der Waals surface area (Å²) in [4.78, 5) is 15.5. The van der Waals surface area contributed by atoms with Crippen LogP contribution in [0.25, 0.3) is 5.69 Å². The van der Waals surface area contributed by atoms with Crippen molar-refractivity contribution in [3.8, 4) is 11.8 Å². The summed E-state index contributed by atoms with van der Waals surface area (Å²) in [6, 6.07) is 13.7. The molecule has 0 fully saturated rings. The van der Waals surface area contributed by atoms with Crippen LogP contribution in [0.3, 0.4) is 0 Å². The maximum absolute atomic E-state index is 12.7. The molecule has 2 heterocycles. The second-order valence-electron chi connectivity index (χ2n) is 5.14. The molecule has 0 aliphatic carbocycles. The highest BCUT2D eigenvalue weighted by Crippen LogP contribution is 2.27. The van der Waals surface area contributed by atoms with E-state index in [-0.39, 0.29) is 11.4 Å². The van der Waals surface area contributed by atoms with Gasteiger partial charge in [-0.3, -0.25) is 4.79 Å². The maximum atomic E-state index is 12.7. The van der Waals surface area contributed by atoms with E-state index in [1.165, 1.54) is 10.9 Å². The molecule has 0 atom stereocenters. The van der Waals surface area contributed by atoms with Crippen LogP contribution in [0.1, 0.15) is 21.9 Å². The number of nitrogens with zero attached hydrogens (tertiary/aromatic N) is 4. The van der Waals surface area contributed by atoms with Gasteiger partial charge in [-0.1, -0.05) is 24.3 Å². The lowest BCUT2D eigenvalue weighted by Gasteiger charge is -2.07.